The maximum Gasteiger partial charge on any atom is 0.341 e. The van der Waals surface area contributed by atoms with Gasteiger partial charge in [0.15, 0.2) is 6.61 Å². The van der Waals surface area contributed by atoms with E-state index in [1.54, 1.807) is 16.8 Å². The lowest BCUT2D eigenvalue weighted by Gasteiger charge is -2.18. The number of benzene rings is 3. The third-order valence-electron chi connectivity index (χ3n) is 5.79. The van der Waals surface area contributed by atoms with Gasteiger partial charge in [0.2, 0.25) is 0 Å². The smallest absolute Gasteiger partial charge is 0.341 e. The molecule has 3 aromatic carbocycles. The number of unbranched alkanes of at least 4 members (excludes halogenated alkanes) is 1. The molecule has 1 aromatic heterocycles. The number of aromatic nitrogens is 2. The molecule has 0 aliphatic heterocycles. The lowest BCUT2D eigenvalue weighted by atomic mass is 9.88. The van der Waals surface area contributed by atoms with Gasteiger partial charge in [-0.1, -0.05) is 72.8 Å². The summed E-state index contributed by atoms with van der Waals surface area (Å²) in [6.07, 6.45) is 2.45. The Hall–Kier alpha value is -4.19. The van der Waals surface area contributed by atoms with Gasteiger partial charge in [-0.15, -0.1) is 0 Å². The van der Waals surface area contributed by atoms with Crippen molar-refractivity contribution >= 4 is 5.97 Å². The molecule has 6 heteroatoms. The van der Waals surface area contributed by atoms with Gasteiger partial charge in [-0.3, -0.25) is 4.79 Å². The molecule has 35 heavy (non-hydrogen) atoms. The van der Waals surface area contributed by atoms with Crippen molar-refractivity contribution in [2.75, 3.05) is 6.61 Å². The molecule has 0 saturated carbocycles. The fraction of sp³-hybridized carbons (Fsp3) is 0.207. The number of carboxylic acids is 1. The summed E-state index contributed by atoms with van der Waals surface area (Å²) in [4.78, 5) is 23.2. The number of carbonyl (C=O) groups is 1. The standard InChI is InChI=1S/C29H28N2O4/c32-27-18-17-26(29(23-12-3-1-4-13-23)24-14-5-2-6-15-24)30-31(27)19-8-7-10-22-11-9-16-25(20-22)35-21-28(33)34/h1-6,9,11-18,20,29H,7-8,10,19,21H2,(H,33,34). The van der Waals surface area contributed by atoms with Crippen LogP contribution >= 0.6 is 0 Å². The minimum Gasteiger partial charge on any atom is -0.482 e. The van der Waals surface area contributed by atoms with Crippen molar-refractivity contribution in [1.29, 1.82) is 0 Å². The number of aliphatic carboxylic acids is 1. The van der Waals surface area contributed by atoms with Gasteiger partial charge in [0.1, 0.15) is 5.75 Å². The second kappa shape index (κ2) is 11.8. The fourth-order valence-corrected chi connectivity index (χ4v) is 4.13. The van der Waals surface area contributed by atoms with Crippen LogP contribution < -0.4 is 10.3 Å². The fourth-order valence-electron chi connectivity index (χ4n) is 4.13. The summed E-state index contributed by atoms with van der Waals surface area (Å²) in [5, 5.41) is 13.5. The molecule has 0 amide bonds. The highest BCUT2D eigenvalue weighted by atomic mass is 16.5. The Morgan fingerprint density at radius 1 is 0.857 bits per heavy atom. The predicted molar refractivity (Wildman–Crippen MR) is 135 cm³/mol. The van der Waals surface area contributed by atoms with Gasteiger partial charge in [0.25, 0.3) is 5.56 Å². The van der Waals surface area contributed by atoms with E-state index in [1.165, 1.54) is 0 Å². The van der Waals surface area contributed by atoms with Crippen LogP contribution in [-0.2, 0) is 17.8 Å². The molecule has 6 nitrogen and oxygen atoms in total. The Morgan fingerprint density at radius 2 is 1.54 bits per heavy atom. The molecule has 0 spiro atoms. The third kappa shape index (κ3) is 6.67. The molecular weight excluding hydrogens is 440 g/mol. The normalized spacial score (nSPS) is 10.9. The van der Waals surface area contributed by atoms with E-state index in [0.717, 1.165) is 41.6 Å². The van der Waals surface area contributed by atoms with Gasteiger partial charge in [0.05, 0.1) is 11.6 Å². The van der Waals surface area contributed by atoms with E-state index in [-0.39, 0.29) is 18.1 Å². The minimum absolute atomic E-state index is 0.0576. The maximum absolute atomic E-state index is 12.5. The van der Waals surface area contributed by atoms with E-state index in [1.807, 2.05) is 60.7 Å². The average Bonchev–Trinajstić information content (AvgIpc) is 2.89. The molecular formula is C29H28N2O4. The first-order chi connectivity index (χ1) is 17.1. The summed E-state index contributed by atoms with van der Waals surface area (Å²) in [6, 6.07) is 31.3. The van der Waals surface area contributed by atoms with Gasteiger partial charge in [0, 0.05) is 12.6 Å². The lowest BCUT2D eigenvalue weighted by Crippen LogP contribution is -2.24. The zero-order valence-corrected chi connectivity index (χ0v) is 19.4. The van der Waals surface area contributed by atoms with Gasteiger partial charge in [-0.2, -0.15) is 5.10 Å². The van der Waals surface area contributed by atoms with Crippen LogP contribution in [0.1, 0.15) is 41.1 Å². The van der Waals surface area contributed by atoms with Crippen molar-refractivity contribution in [3.8, 4) is 5.75 Å². The van der Waals surface area contributed by atoms with Gasteiger partial charge < -0.3 is 9.84 Å². The topological polar surface area (TPSA) is 81.4 Å². The van der Waals surface area contributed by atoms with Crippen molar-refractivity contribution in [1.82, 2.24) is 9.78 Å². The van der Waals surface area contributed by atoms with Gasteiger partial charge in [-0.05, 0) is 54.2 Å². The van der Waals surface area contributed by atoms with Crippen LogP contribution in [-0.4, -0.2) is 27.5 Å². The third-order valence-corrected chi connectivity index (χ3v) is 5.79. The molecule has 0 aliphatic rings. The molecule has 0 fully saturated rings. The first kappa shape index (κ1) is 24.0. The quantitative estimate of drug-likeness (QED) is 0.316. The Kier molecular flexibility index (Phi) is 8.07. The highest BCUT2D eigenvalue weighted by molar-refractivity contribution is 5.68. The number of carboxylic acid groups (broad SMARTS) is 1. The Balaban J connectivity index is 1.44. The van der Waals surface area contributed by atoms with Crippen LogP contribution in [0.3, 0.4) is 0 Å². The number of nitrogens with zero attached hydrogens (tertiary/aromatic N) is 2. The first-order valence-electron chi connectivity index (χ1n) is 11.7. The SMILES string of the molecule is O=C(O)COc1cccc(CCCCn2nc(C(c3ccccc3)c3ccccc3)ccc2=O)c1. The van der Waals surface area contributed by atoms with Crippen LogP contribution in [0.2, 0.25) is 0 Å². The van der Waals surface area contributed by atoms with E-state index in [9.17, 15) is 9.59 Å². The van der Waals surface area contributed by atoms with Gasteiger partial charge in [-0.25, -0.2) is 9.48 Å². The predicted octanol–water partition coefficient (Wildman–Crippen LogP) is 4.91. The zero-order valence-electron chi connectivity index (χ0n) is 19.4. The summed E-state index contributed by atoms with van der Waals surface area (Å²) < 4.78 is 6.81. The molecule has 1 N–H and O–H groups in total. The molecule has 0 unspecified atom stereocenters. The van der Waals surface area contributed by atoms with Crippen molar-refractivity contribution in [3.63, 3.8) is 0 Å². The Bertz CT molecular complexity index is 1260. The second-order valence-corrected chi connectivity index (χ2v) is 8.36. The van der Waals surface area contributed by atoms with Crippen molar-refractivity contribution < 1.29 is 14.6 Å². The highest BCUT2D eigenvalue weighted by Gasteiger charge is 2.19. The summed E-state index contributed by atoms with van der Waals surface area (Å²) in [5.74, 6) is -0.515. The number of rotatable bonds is 11. The lowest BCUT2D eigenvalue weighted by molar-refractivity contribution is -0.139. The maximum atomic E-state index is 12.5. The van der Waals surface area contributed by atoms with E-state index >= 15 is 0 Å². The van der Waals surface area contributed by atoms with E-state index in [4.69, 9.17) is 14.9 Å². The minimum atomic E-state index is -1.00. The Labute approximate surface area is 204 Å². The number of ether oxygens (including phenoxy) is 1. The van der Waals surface area contributed by atoms with Crippen molar-refractivity contribution in [2.24, 2.45) is 0 Å². The van der Waals surface area contributed by atoms with Crippen LogP contribution in [0.15, 0.2) is 102 Å². The molecule has 0 bridgehead atoms. The van der Waals surface area contributed by atoms with Crippen LogP contribution in [0.4, 0.5) is 0 Å². The molecule has 0 atom stereocenters. The van der Waals surface area contributed by atoms with Gasteiger partial charge >= 0.3 is 5.97 Å². The van der Waals surface area contributed by atoms with Crippen LogP contribution in [0, 0.1) is 0 Å². The zero-order chi connectivity index (χ0) is 24.5. The summed E-state index contributed by atoms with van der Waals surface area (Å²) in [5.41, 5.74) is 4.04. The van der Waals surface area contributed by atoms with Crippen LogP contribution in [0.25, 0.3) is 0 Å². The summed E-state index contributed by atoms with van der Waals surface area (Å²) in [6.45, 7) is 0.166. The molecule has 0 aliphatic carbocycles. The highest BCUT2D eigenvalue weighted by Crippen LogP contribution is 2.30. The molecule has 1 heterocycles. The van der Waals surface area contributed by atoms with Crippen molar-refractivity contribution in [2.45, 2.75) is 31.7 Å². The molecule has 0 radical (unpaired) electrons. The summed E-state index contributed by atoms with van der Waals surface area (Å²) >= 11 is 0. The van der Waals surface area contributed by atoms with Crippen molar-refractivity contribution in [3.05, 3.63) is 130 Å². The molecule has 178 valence electrons. The van der Waals surface area contributed by atoms with E-state index in [2.05, 4.69) is 24.3 Å². The summed E-state index contributed by atoms with van der Waals surface area (Å²) in [7, 11) is 0. The number of hydrogen-bond donors (Lipinski definition) is 1. The monoisotopic (exact) mass is 468 g/mol. The Morgan fingerprint density at radius 3 is 2.20 bits per heavy atom. The van der Waals surface area contributed by atoms with Crippen LogP contribution in [0.5, 0.6) is 5.75 Å². The first-order valence-corrected chi connectivity index (χ1v) is 11.7. The largest absolute Gasteiger partial charge is 0.482 e. The number of hydrogen-bond acceptors (Lipinski definition) is 4. The van der Waals surface area contributed by atoms with E-state index in [0.29, 0.717) is 12.3 Å². The second-order valence-electron chi connectivity index (χ2n) is 8.36. The molecule has 4 aromatic rings. The average molecular weight is 469 g/mol. The molecule has 0 saturated heterocycles. The van der Waals surface area contributed by atoms with E-state index < -0.39 is 5.97 Å². The number of aryl methyl sites for hydroxylation is 2. The molecule has 4 rings (SSSR count).